The van der Waals surface area contributed by atoms with Crippen LogP contribution in [-0.4, -0.2) is 60.5 Å². The van der Waals surface area contributed by atoms with Crippen LogP contribution in [-0.2, 0) is 4.79 Å². The third kappa shape index (κ3) is 6.01. The van der Waals surface area contributed by atoms with Crippen molar-refractivity contribution in [3.8, 4) is 11.5 Å². The number of carbonyl (C=O) groups is 1. The normalized spacial score (nSPS) is 10.6. The highest BCUT2D eigenvalue weighted by Gasteiger charge is 2.11. The second-order valence-electron chi connectivity index (χ2n) is 4.10. The molecule has 1 aromatic carbocycles. The molecule has 0 unspecified atom stereocenters. The molecule has 0 heterocycles. The molecule has 1 rings (SSSR count). The molecule has 1 aromatic rings. The summed E-state index contributed by atoms with van der Waals surface area (Å²) >= 11 is 0. The van der Waals surface area contributed by atoms with Gasteiger partial charge < -0.3 is 19.7 Å². The number of aliphatic hydroxyl groups excluding tert-OH is 2. The van der Waals surface area contributed by atoms with E-state index in [2.05, 4.69) is 0 Å². The van der Waals surface area contributed by atoms with Gasteiger partial charge in [0.1, 0.15) is 11.5 Å². The van der Waals surface area contributed by atoms with E-state index < -0.39 is 5.97 Å². The average Bonchev–Trinajstić information content (AvgIpc) is 2.42. The number of rotatable bonds is 9. The van der Waals surface area contributed by atoms with Gasteiger partial charge in [-0.15, -0.1) is 0 Å². The zero-order valence-electron chi connectivity index (χ0n) is 11.6. The zero-order valence-corrected chi connectivity index (χ0v) is 11.6. The molecule has 6 heteroatoms. The van der Waals surface area contributed by atoms with Gasteiger partial charge in [-0.3, -0.25) is 9.69 Å². The van der Waals surface area contributed by atoms with Crippen LogP contribution in [0.5, 0.6) is 11.5 Å². The molecule has 0 spiro atoms. The molecule has 0 aliphatic carbocycles. The third-order valence-electron chi connectivity index (χ3n) is 2.55. The minimum Gasteiger partial charge on any atom is -0.494 e. The van der Waals surface area contributed by atoms with Crippen LogP contribution in [0.2, 0.25) is 0 Å². The average molecular weight is 283 g/mol. The van der Waals surface area contributed by atoms with Gasteiger partial charge in [0.2, 0.25) is 0 Å². The Morgan fingerprint density at radius 1 is 1.10 bits per heavy atom. The highest BCUT2D eigenvalue weighted by molar-refractivity contribution is 5.74. The fourth-order valence-corrected chi connectivity index (χ4v) is 1.67. The Bertz CT molecular complexity index is 387. The maximum absolute atomic E-state index is 11.7. The number of aliphatic hydroxyl groups is 2. The van der Waals surface area contributed by atoms with Gasteiger partial charge in [0.05, 0.1) is 26.4 Å². The summed E-state index contributed by atoms with van der Waals surface area (Å²) in [5.41, 5.74) is 0. The van der Waals surface area contributed by atoms with Crippen LogP contribution in [0.3, 0.4) is 0 Å². The van der Waals surface area contributed by atoms with E-state index in [1.165, 1.54) is 0 Å². The molecule has 0 fully saturated rings. The smallest absolute Gasteiger partial charge is 0.325 e. The summed E-state index contributed by atoms with van der Waals surface area (Å²) in [7, 11) is 0. The molecule has 0 saturated heterocycles. The molecule has 0 aliphatic rings. The largest absolute Gasteiger partial charge is 0.494 e. The van der Waals surface area contributed by atoms with E-state index in [0.29, 0.717) is 25.4 Å². The maximum atomic E-state index is 11.7. The molecule has 0 atom stereocenters. The molecular weight excluding hydrogens is 262 g/mol. The number of nitrogens with zero attached hydrogens (tertiary/aromatic N) is 1. The monoisotopic (exact) mass is 283 g/mol. The van der Waals surface area contributed by atoms with Gasteiger partial charge in [0.15, 0.2) is 0 Å². The van der Waals surface area contributed by atoms with E-state index in [1.54, 1.807) is 29.2 Å². The van der Waals surface area contributed by atoms with E-state index in [0.717, 1.165) is 5.75 Å². The second kappa shape index (κ2) is 9.30. The minimum absolute atomic E-state index is 0.0222. The molecule has 0 saturated carbocycles. The molecule has 2 N–H and O–H groups in total. The number of ether oxygens (including phenoxy) is 2. The molecule has 0 amide bonds. The molecule has 0 bridgehead atoms. The summed E-state index contributed by atoms with van der Waals surface area (Å²) in [6.45, 7) is 2.99. The van der Waals surface area contributed by atoms with E-state index in [-0.39, 0.29) is 19.8 Å². The summed E-state index contributed by atoms with van der Waals surface area (Å²) in [5, 5.41) is 17.7. The van der Waals surface area contributed by atoms with Crippen molar-refractivity contribution in [2.24, 2.45) is 0 Å². The number of esters is 1. The Hall–Kier alpha value is -1.63. The summed E-state index contributed by atoms with van der Waals surface area (Å²) in [6, 6.07) is 6.77. The lowest BCUT2D eigenvalue weighted by atomic mass is 10.3. The molecule has 6 nitrogen and oxygen atoms in total. The predicted octanol–water partition coefficient (Wildman–Crippen LogP) is 0.277. The SMILES string of the molecule is CCOc1ccc(OC(=O)CN(CCO)CCO)cc1. The first-order valence-corrected chi connectivity index (χ1v) is 6.57. The van der Waals surface area contributed by atoms with Crippen LogP contribution in [0.4, 0.5) is 0 Å². The summed E-state index contributed by atoms with van der Waals surface area (Å²) in [6.07, 6.45) is 0. The summed E-state index contributed by atoms with van der Waals surface area (Å²) < 4.78 is 10.5. The molecule has 0 aromatic heterocycles. The first kappa shape index (κ1) is 16.4. The van der Waals surface area contributed by atoms with E-state index in [4.69, 9.17) is 19.7 Å². The highest BCUT2D eigenvalue weighted by Crippen LogP contribution is 2.17. The van der Waals surface area contributed by atoms with Crippen molar-refractivity contribution in [3.63, 3.8) is 0 Å². The summed E-state index contributed by atoms with van der Waals surface area (Å²) in [4.78, 5) is 13.3. The number of carbonyl (C=O) groups excluding carboxylic acids is 1. The van der Waals surface area contributed by atoms with Gasteiger partial charge in [0, 0.05) is 13.1 Å². The van der Waals surface area contributed by atoms with E-state index in [9.17, 15) is 4.79 Å². The van der Waals surface area contributed by atoms with Gasteiger partial charge in [-0.1, -0.05) is 0 Å². The van der Waals surface area contributed by atoms with Crippen molar-refractivity contribution in [3.05, 3.63) is 24.3 Å². The van der Waals surface area contributed by atoms with Crippen molar-refractivity contribution in [2.45, 2.75) is 6.92 Å². The third-order valence-corrected chi connectivity index (χ3v) is 2.55. The lowest BCUT2D eigenvalue weighted by molar-refractivity contribution is -0.135. The predicted molar refractivity (Wildman–Crippen MR) is 73.9 cm³/mol. The van der Waals surface area contributed by atoms with Crippen molar-refractivity contribution in [2.75, 3.05) is 39.5 Å². The fourth-order valence-electron chi connectivity index (χ4n) is 1.67. The lowest BCUT2D eigenvalue weighted by Crippen LogP contribution is -2.36. The van der Waals surface area contributed by atoms with Gasteiger partial charge in [-0.25, -0.2) is 0 Å². The Morgan fingerprint density at radius 2 is 1.65 bits per heavy atom. The van der Waals surface area contributed by atoms with Crippen molar-refractivity contribution in [1.82, 2.24) is 4.90 Å². The lowest BCUT2D eigenvalue weighted by Gasteiger charge is -2.18. The van der Waals surface area contributed by atoms with Crippen LogP contribution in [0.1, 0.15) is 6.92 Å². The van der Waals surface area contributed by atoms with Crippen molar-refractivity contribution in [1.29, 1.82) is 0 Å². The van der Waals surface area contributed by atoms with Gasteiger partial charge >= 0.3 is 5.97 Å². The molecule has 112 valence electrons. The van der Waals surface area contributed by atoms with Crippen LogP contribution in [0.15, 0.2) is 24.3 Å². The first-order valence-electron chi connectivity index (χ1n) is 6.57. The molecule has 0 radical (unpaired) electrons. The van der Waals surface area contributed by atoms with Crippen molar-refractivity contribution < 1.29 is 24.5 Å². The highest BCUT2D eigenvalue weighted by atomic mass is 16.5. The zero-order chi connectivity index (χ0) is 14.8. The van der Waals surface area contributed by atoms with E-state index in [1.807, 2.05) is 6.92 Å². The molecule has 0 aliphatic heterocycles. The van der Waals surface area contributed by atoms with Crippen LogP contribution in [0.25, 0.3) is 0 Å². The maximum Gasteiger partial charge on any atom is 0.325 e. The van der Waals surface area contributed by atoms with Gasteiger partial charge in [0.25, 0.3) is 0 Å². The molecule has 20 heavy (non-hydrogen) atoms. The topological polar surface area (TPSA) is 79.2 Å². The van der Waals surface area contributed by atoms with Crippen LogP contribution >= 0.6 is 0 Å². The summed E-state index contributed by atoms with van der Waals surface area (Å²) in [5.74, 6) is 0.719. The van der Waals surface area contributed by atoms with Crippen LogP contribution in [0, 0.1) is 0 Å². The number of hydrogen-bond donors (Lipinski definition) is 2. The van der Waals surface area contributed by atoms with Gasteiger partial charge in [-0.2, -0.15) is 0 Å². The minimum atomic E-state index is -0.434. The fraction of sp³-hybridized carbons (Fsp3) is 0.500. The molecular formula is C14H21NO5. The Kier molecular flexibility index (Phi) is 7.64. The second-order valence-corrected chi connectivity index (χ2v) is 4.10. The Balaban J connectivity index is 2.47. The van der Waals surface area contributed by atoms with Crippen LogP contribution < -0.4 is 9.47 Å². The Labute approximate surface area is 118 Å². The van der Waals surface area contributed by atoms with Gasteiger partial charge in [-0.05, 0) is 31.2 Å². The first-order chi connectivity index (χ1) is 9.69. The Morgan fingerprint density at radius 3 is 2.15 bits per heavy atom. The van der Waals surface area contributed by atoms with E-state index >= 15 is 0 Å². The quantitative estimate of drug-likeness (QED) is 0.500. The standard InChI is InChI=1S/C14H21NO5/c1-2-19-12-3-5-13(6-4-12)20-14(18)11-15(7-9-16)8-10-17/h3-6,16-17H,2,7-11H2,1H3. The number of benzene rings is 1. The number of hydrogen-bond acceptors (Lipinski definition) is 6. The van der Waals surface area contributed by atoms with Crippen molar-refractivity contribution >= 4 is 5.97 Å².